The molecular weight excluding hydrogens is 204 g/mol. The molecule has 0 heterocycles. The lowest BCUT2D eigenvalue weighted by molar-refractivity contribution is 1.10. The molecule has 0 nitrogen and oxygen atoms in total. The molecule has 0 unspecified atom stereocenters. The summed E-state index contributed by atoms with van der Waals surface area (Å²) in [4.78, 5) is 0. The highest BCUT2D eigenvalue weighted by atomic mass is 14.1. The van der Waals surface area contributed by atoms with E-state index >= 15 is 0 Å². The molecule has 0 amide bonds. The zero-order valence-corrected chi connectivity index (χ0v) is 10.5. The zero-order chi connectivity index (χ0) is 12.3. The van der Waals surface area contributed by atoms with Crippen LogP contribution in [0.2, 0.25) is 0 Å². The summed E-state index contributed by atoms with van der Waals surface area (Å²) in [7, 11) is 0. The molecule has 0 saturated carbocycles. The van der Waals surface area contributed by atoms with E-state index in [-0.39, 0.29) is 0 Å². The Hall–Kier alpha value is -1.82. The van der Waals surface area contributed by atoms with Gasteiger partial charge in [-0.3, -0.25) is 0 Å². The third kappa shape index (κ3) is 2.31. The van der Waals surface area contributed by atoms with Crippen LogP contribution in [-0.4, -0.2) is 0 Å². The highest BCUT2D eigenvalue weighted by Gasteiger charge is 2.07. The largest absolute Gasteiger partial charge is 0.0905 e. The van der Waals surface area contributed by atoms with Crippen molar-refractivity contribution in [3.8, 4) is 0 Å². The highest BCUT2D eigenvalue weighted by molar-refractivity contribution is 5.80. The van der Waals surface area contributed by atoms with E-state index in [1.54, 1.807) is 0 Å². The van der Waals surface area contributed by atoms with Gasteiger partial charge in [0.1, 0.15) is 0 Å². The lowest BCUT2D eigenvalue weighted by Gasteiger charge is -2.12. The van der Waals surface area contributed by atoms with Crippen molar-refractivity contribution >= 4 is 5.57 Å². The lowest BCUT2D eigenvalue weighted by Crippen LogP contribution is -1.94. The molecule has 0 fully saturated rings. The third-order valence-corrected chi connectivity index (χ3v) is 3.27. The summed E-state index contributed by atoms with van der Waals surface area (Å²) in [6, 6.07) is 16.8. The summed E-state index contributed by atoms with van der Waals surface area (Å²) in [6.45, 7) is 8.61. The molecule has 86 valence electrons. The Kier molecular flexibility index (Phi) is 3.43. The van der Waals surface area contributed by atoms with Gasteiger partial charge in [-0.2, -0.15) is 0 Å². The van der Waals surface area contributed by atoms with E-state index in [0.717, 1.165) is 12.0 Å². The Morgan fingerprint density at radius 1 is 1.00 bits per heavy atom. The van der Waals surface area contributed by atoms with Crippen LogP contribution in [0.15, 0.2) is 55.1 Å². The monoisotopic (exact) mass is 222 g/mol. The number of rotatable bonds is 3. The van der Waals surface area contributed by atoms with Crippen LogP contribution in [0.25, 0.3) is 5.57 Å². The fraction of sp³-hybridized carbons (Fsp3) is 0.176. The van der Waals surface area contributed by atoms with Crippen LogP contribution in [0.1, 0.15) is 29.2 Å². The topological polar surface area (TPSA) is 0 Å². The average molecular weight is 222 g/mol. The van der Waals surface area contributed by atoms with Crippen molar-refractivity contribution in [3.05, 3.63) is 77.4 Å². The molecule has 0 saturated heterocycles. The van der Waals surface area contributed by atoms with Crippen LogP contribution < -0.4 is 0 Å². The summed E-state index contributed by atoms with van der Waals surface area (Å²) in [6.07, 6.45) is 1.07. The van der Waals surface area contributed by atoms with Crippen molar-refractivity contribution in [1.82, 2.24) is 0 Å². The summed E-state index contributed by atoms with van der Waals surface area (Å²) in [5.74, 6) is 0. The maximum Gasteiger partial charge on any atom is -0.0152 e. The maximum atomic E-state index is 4.23. The summed E-state index contributed by atoms with van der Waals surface area (Å²) >= 11 is 0. The smallest absolute Gasteiger partial charge is 0.0152 e. The Morgan fingerprint density at radius 3 is 2.35 bits per heavy atom. The molecule has 0 heteroatoms. The van der Waals surface area contributed by atoms with Crippen LogP contribution in [0.4, 0.5) is 0 Å². The van der Waals surface area contributed by atoms with Crippen molar-refractivity contribution < 1.29 is 0 Å². The lowest BCUT2D eigenvalue weighted by atomic mass is 9.92. The van der Waals surface area contributed by atoms with Gasteiger partial charge >= 0.3 is 0 Å². The van der Waals surface area contributed by atoms with Gasteiger partial charge in [0.15, 0.2) is 0 Å². The van der Waals surface area contributed by atoms with Gasteiger partial charge in [-0.1, -0.05) is 62.0 Å². The Morgan fingerprint density at radius 2 is 1.71 bits per heavy atom. The van der Waals surface area contributed by atoms with Gasteiger partial charge in [-0.25, -0.2) is 0 Å². The van der Waals surface area contributed by atoms with Gasteiger partial charge < -0.3 is 0 Å². The Balaban J connectivity index is 2.45. The highest BCUT2D eigenvalue weighted by Crippen LogP contribution is 2.26. The summed E-state index contributed by atoms with van der Waals surface area (Å²) in [5, 5.41) is 0. The number of hydrogen-bond donors (Lipinski definition) is 0. The van der Waals surface area contributed by atoms with Gasteiger partial charge in [0, 0.05) is 0 Å². The van der Waals surface area contributed by atoms with Crippen molar-refractivity contribution in [3.63, 3.8) is 0 Å². The first-order valence-electron chi connectivity index (χ1n) is 6.07. The molecular formula is C17H18. The predicted octanol–water partition coefficient (Wildman–Crippen LogP) is 4.62. The quantitative estimate of drug-likeness (QED) is 0.711. The minimum absolute atomic E-state index is 1.07. The van der Waals surface area contributed by atoms with Crippen molar-refractivity contribution in [2.45, 2.75) is 20.3 Å². The molecule has 2 aromatic carbocycles. The zero-order valence-electron chi connectivity index (χ0n) is 10.5. The van der Waals surface area contributed by atoms with E-state index < -0.39 is 0 Å². The molecule has 0 spiro atoms. The van der Waals surface area contributed by atoms with Crippen LogP contribution in [0.5, 0.6) is 0 Å². The first-order chi connectivity index (χ1) is 8.24. The summed E-state index contributed by atoms with van der Waals surface area (Å²) in [5.41, 5.74) is 6.32. The van der Waals surface area contributed by atoms with E-state index in [1.165, 1.54) is 22.3 Å². The van der Waals surface area contributed by atoms with Crippen LogP contribution in [0.3, 0.4) is 0 Å². The predicted molar refractivity (Wildman–Crippen MR) is 75.1 cm³/mol. The number of aryl methyl sites for hydroxylation is 1. The van der Waals surface area contributed by atoms with E-state index in [9.17, 15) is 0 Å². The molecule has 2 rings (SSSR count). The van der Waals surface area contributed by atoms with Crippen molar-refractivity contribution in [2.24, 2.45) is 0 Å². The molecule has 17 heavy (non-hydrogen) atoms. The van der Waals surface area contributed by atoms with Crippen LogP contribution in [-0.2, 0) is 6.42 Å². The second kappa shape index (κ2) is 5.01. The van der Waals surface area contributed by atoms with E-state index in [2.05, 4.69) is 62.9 Å². The first kappa shape index (κ1) is 11.7. The molecule has 0 aliphatic rings. The Bertz CT molecular complexity index is 521. The Labute approximate surface area is 104 Å². The molecule has 0 aliphatic carbocycles. The third-order valence-electron chi connectivity index (χ3n) is 3.27. The van der Waals surface area contributed by atoms with Gasteiger partial charge in [0.25, 0.3) is 0 Å². The second-order valence-corrected chi connectivity index (χ2v) is 4.29. The van der Waals surface area contributed by atoms with E-state index in [1.807, 2.05) is 6.07 Å². The van der Waals surface area contributed by atoms with Gasteiger partial charge in [-0.05, 0) is 41.2 Å². The molecule has 0 radical (unpaired) electrons. The normalized spacial score (nSPS) is 10.2. The SMILES string of the molecule is C=C(c1ccccc1)c1cccc(CC)c1C. The standard InChI is InChI=1S/C17H18/c1-4-15-11-8-12-17(13(15)2)14(3)16-9-6-5-7-10-16/h5-12H,3-4H2,1-2H3. The van der Waals surface area contributed by atoms with Crippen molar-refractivity contribution in [1.29, 1.82) is 0 Å². The average Bonchev–Trinajstić information content (AvgIpc) is 2.39. The van der Waals surface area contributed by atoms with Gasteiger partial charge in [-0.15, -0.1) is 0 Å². The number of hydrogen-bond acceptors (Lipinski definition) is 0. The minimum Gasteiger partial charge on any atom is -0.0905 e. The molecule has 0 aromatic heterocycles. The number of benzene rings is 2. The van der Waals surface area contributed by atoms with E-state index in [0.29, 0.717) is 0 Å². The van der Waals surface area contributed by atoms with E-state index in [4.69, 9.17) is 0 Å². The second-order valence-electron chi connectivity index (χ2n) is 4.29. The minimum atomic E-state index is 1.07. The van der Waals surface area contributed by atoms with Crippen LogP contribution >= 0.6 is 0 Å². The summed E-state index contributed by atoms with van der Waals surface area (Å²) < 4.78 is 0. The molecule has 2 aromatic rings. The molecule has 0 atom stereocenters. The fourth-order valence-electron chi connectivity index (χ4n) is 2.19. The van der Waals surface area contributed by atoms with Gasteiger partial charge in [0.2, 0.25) is 0 Å². The van der Waals surface area contributed by atoms with Gasteiger partial charge in [0.05, 0.1) is 0 Å². The van der Waals surface area contributed by atoms with Crippen LogP contribution in [0, 0.1) is 6.92 Å². The fourth-order valence-corrected chi connectivity index (χ4v) is 2.19. The van der Waals surface area contributed by atoms with Crippen molar-refractivity contribution in [2.75, 3.05) is 0 Å². The molecule has 0 aliphatic heterocycles. The molecule has 0 bridgehead atoms. The maximum absolute atomic E-state index is 4.23. The molecule has 0 N–H and O–H groups in total. The first-order valence-corrected chi connectivity index (χ1v) is 6.07.